The lowest BCUT2D eigenvalue weighted by Crippen LogP contribution is -1.46. The van der Waals surface area contributed by atoms with E-state index in [9.17, 15) is 0 Å². The van der Waals surface area contributed by atoms with Crippen LogP contribution in [0.3, 0.4) is 0 Å². The fraction of sp³-hybridized carbons (Fsp3) is 0. The van der Waals surface area contributed by atoms with E-state index >= 15 is 0 Å². The van der Waals surface area contributed by atoms with E-state index in [-0.39, 0.29) is 0 Å². The number of rotatable bonds is 0. The summed E-state index contributed by atoms with van der Waals surface area (Å²) in [5, 5.41) is 5.60. The van der Waals surface area contributed by atoms with Gasteiger partial charge in [-0.15, -0.1) is 22.7 Å². The van der Waals surface area contributed by atoms with Crippen LogP contribution in [0, 0.1) is 0 Å². The van der Waals surface area contributed by atoms with Gasteiger partial charge >= 0.3 is 0 Å². The molecule has 2 rings (SSSR count). The minimum atomic E-state index is 1.23. The molecule has 0 fully saturated rings. The van der Waals surface area contributed by atoms with Crippen molar-refractivity contribution < 1.29 is 0 Å². The Morgan fingerprint density at radius 2 is 2.22 bits per heavy atom. The normalized spacial score (nSPS) is 10.8. The summed E-state index contributed by atoms with van der Waals surface area (Å²) in [5.41, 5.74) is 0. The molecule has 0 radical (unpaired) electrons. The monoisotopic (exact) mass is 218 g/mol. The predicted octanol–water partition coefficient (Wildman–Crippen LogP) is 3.73. The maximum atomic E-state index is 3.46. The van der Waals surface area contributed by atoms with E-state index < -0.39 is 0 Å². The second kappa shape index (κ2) is 2.08. The highest BCUT2D eigenvalue weighted by molar-refractivity contribution is 9.10. The zero-order valence-electron chi connectivity index (χ0n) is 4.43. The molecular formula is C6H3BrS2. The summed E-state index contributed by atoms with van der Waals surface area (Å²) in [4.78, 5) is 0. The van der Waals surface area contributed by atoms with E-state index in [1.54, 1.807) is 22.7 Å². The van der Waals surface area contributed by atoms with Crippen LogP contribution in [-0.4, -0.2) is 0 Å². The Labute approximate surface area is 69.3 Å². The molecule has 0 saturated heterocycles. The molecule has 0 spiro atoms. The molecule has 2 aromatic rings. The standard InChI is InChI=1S/C6H3BrS2/c7-5-3-9-6-4(5)1-2-8-6/h1-3H. The van der Waals surface area contributed by atoms with Gasteiger partial charge in [-0.1, -0.05) is 0 Å². The summed E-state index contributed by atoms with van der Waals surface area (Å²) in [6, 6.07) is 2.14. The van der Waals surface area contributed by atoms with Crippen LogP contribution < -0.4 is 0 Å². The molecule has 0 nitrogen and oxygen atoms in total. The Hall–Kier alpha value is 0.140. The second-order valence-electron chi connectivity index (χ2n) is 1.71. The Morgan fingerprint density at radius 3 is 3.00 bits per heavy atom. The molecule has 0 atom stereocenters. The van der Waals surface area contributed by atoms with E-state index in [2.05, 4.69) is 32.8 Å². The molecule has 46 valence electrons. The third kappa shape index (κ3) is 0.838. The molecule has 0 aliphatic rings. The summed E-state index contributed by atoms with van der Waals surface area (Å²) in [7, 11) is 0. The summed E-state index contributed by atoms with van der Waals surface area (Å²) < 4.78 is 2.63. The summed E-state index contributed by atoms with van der Waals surface area (Å²) in [6.07, 6.45) is 0. The fourth-order valence-corrected chi connectivity index (χ4v) is 3.41. The van der Waals surface area contributed by atoms with E-state index in [0.717, 1.165) is 0 Å². The third-order valence-corrected chi connectivity index (χ3v) is 4.19. The summed E-state index contributed by atoms with van der Waals surface area (Å²) >= 11 is 7.05. The Kier molecular flexibility index (Phi) is 1.36. The zero-order valence-corrected chi connectivity index (χ0v) is 7.65. The molecule has 0 amide bonds. The quantitative estimate of drug-likeness (QED) is 0.633. The van der Waals surface area contributed by atoms with E-state index in [0.29, 0.717) is 0 Å². The zero-order chi connectivity index (χ0) is 6.27. The van der Waals surface area contributed by atoms with Gasteiger partial charge in [-0.3, -0.25) is 0 Å². The predicted molar refractivity (Wildman–Crippen MR) is 47.4 cm³/mol. The van der Waals surface area contributed by atoms with Gasteiger partial charge in [-0.25, -0.2) is 0 Å². The molecule has 2 aromatic heterocycles. The van der Waals surface area contributed by atoms with Crippen LogP contribution in [0.1, 0.15) is 0 Å². The molecule has 2 heterocycles. The number of hydrogen-bond acceptors (Lipinski definition) is 2. The highest BCUT2D eigenvalue weighted by atomic mass is 79.9. The largest absolute Gasteiger partial charge is 0.133 e. The van der Waals surface area contributed by atoms with Crippen molar-refractivity contribution in [3.8, 4) is 0 Å². The maximum absolute atomic E-state index is 3.46. The lowest BCUT2D eigenvalue weighted by Gasteiger charge is -1.73. The molecule has 0 unspecified atom stereocenters. The number of halogens is 1. The number of fused-ring (bicyclic) bond motifs is 1. The summed E-state index contributed by atoms with van der Waals surface area (Å²) in [6.45, 7) is 0. The van der Waals surface area contributed by atoms with Gasteiger partial charge in [0.2, 0.25) is 0 Å². The van der Waals surface area contributed by atoms with Crippen molar-refractivity contribution in [2.75, 3.05) is 0 Å². The van der Waals surface area contributed by atoms with Gasteiger partial charge in [0.25, 0.3) is 0 Å². The van der Waals surface area contributed by atoms with Crippen molar-refractivity contribution in [1.29, 1.82) is 0 Å². The topological polar surface area (TPSA) is 0 Å². The van der Waals surface area contributed by atoms with Crippen LogP contribution in [0.4, 0.5) is 0 Å². The highest BCUT2D eigenvalue weighted by Gasteiger charge is 1.99. The molecule has 0 N–H and O–H groups in total. The average Bonchev–Trinajstić information content (AvgIpc) is 2.35. The number of hydrogen-bond donors (Lipinski definition) is 0. The van der Waals surface area contributed by atoms with Gasteiger partial charge in [0.1, 0.15) is 0 Å². The molecule has 0 aliphatic heterocycles. The second-order valence-corrected chi connectivity index (χ2v) is 4.61. The number of thiophene rings is 2. The van der Waals surface area contributed by atoms with Gasteiger partial charge in [-0.2, -0.15) is 0 Å². The van der Waals surface area contributed by atoms with Gasteiger partial charge in [0.15, 0.2) is 0 Å². The SMILES string of the molecule is Brc1csc2sccc12. The van der Waals surface area contributed by atoms with Gasteiger partial charge in [0, 0.05) is 15.2 Å². The molecular weight excluding hydrogens is 216 g/mol. The molecule has 0 saturated carbocycles. The van der Waals surface area contributed by atoms with Crippen LogP contribution in [-0.2, 0) is 0 Å². The Bertz CT molecular complexity index is 320. The smallest absolute Gasteiger partial charge is 0.0876 e. The third-order valence-electron chi connectivity index (χ3n) is 1.16. The van der Waals surface area contributed by atoms with Crippen molar-refractivity contribution in [2.24, 2.45) is 0 Å². The van der Waals surface area contributed by atoms with Crippen LogP contribution in [0.2, 0.25) is 0 Å². The lowest BCUT2D eigenvalue weighted by atomic mass is 10.4. The van der Waals surface area contributed by atoms with Gasteiger partial charge in [-0.05, 0) is 27.4 Å². The first-order chi connectivity index (χ1) is 4.38. The first-order valence-electron chi connectivity index (χ1n) is 2.48. The van der Waals surface area contributed by atoms with Crippen LogP contribution >= 0.6 is 38.6 Å². The molecule has 3 heteroatoms. The highest BCUT2D eigenvalue weighted by Crippen LogP contribution is 2.33. The van der Waals surface area contributed by atoms with Crippen molar-refractivity contribution in [3.63, 3.8) is 0 Å². The van der Waals surface area contributed by atoms with E-state index in [1.807, 2.05) is 0 Å². The molecule has 0 aromatic carbocycles. The fourth-order valence-electron chi connectivity index (χ4n) is 0.732. The molecule has 0 bridgehead atoms. The van der Waals surface area contributed by atoms with Crippen molar-refractivity contribution >= 4 is 48.0 Å². The van der Waals surface area contributed by atoms with Crippen LogP contribution in [0.15, 0.2) is 21.3 Å². The van der Waals surface area contributed by atoms with Crippen molar-refractivity contribution in [3.05, 3.63) is 21.3 Å². The van der Waals surface area contributed by atoms with Gasteiger partial charge < -0.3 is 0 Å². The van der Waals surface area contributed by atoms with Crippen LogP contribution in [0.25, 0.3) is 9.40 Å². The van der Waals surface area contributed by atoms with E-state index in [1.165, 1.54) is 13.9 Å². The summed E-state index contributed by atoms with van der Waals surface area (Å²) in [5.74, 6) is 0. The minimum absolute atomic E-state index is 1.23. The molecule has 0 aliphatic carbocycles. The van der Waals surface area contributed by atoms with Crippen LogP contribution in [0.5, 0.6) is 0 Å². The first kappa shape index (κ1) is 5.89. The maximum Gasteiger partial charge on any atom is 0.0876 e. The lowest BCUT2D eigenvalue weighted by molar-refractivity contribution is 2.00. The van der Waals surface area contributed by atoms with Crippen molar-refractivity contribution in [2.45, 2.75) is 0 Å². The Morgan fingerprint density at radius 1 is 1.33 bits per heavy atom. The minimum Gasteiger partial charge on any atom is -0.133 e. The first-order valence-corrected chi connectivity index (χ1v) is 5.03. The van der Waals surface area contributed by atoms with Gasteiger partial charge in [0.05, 0.1) is 4.01 Å². The van der Waals surface area contributed by atoms with E-state index in [4.69, 9.17) is 0 Å². The Balaban J connectivity index is 2.99. The van der Waals surface area contributed by atoms with Crippen molar-refractivity contribution in [1.82, 2.24) is 0 Å². The average molecular weight is 219 g/mol. The molecule has 9 heavy (non-hydrogen) atoms.